The summed E-state index contributed by atoms with van der Waals surface area (Å²) in [6.45, 7) is 5.88. The molecule has 0 aliphatic rings. The summed E-state index contributed by atoms with van der Waals surface area (Å²) in [6.07, 6.45) is 0. The van der Waals surface area contributed by atoms with E-state index < -0.39 is 0 Å². The van der Waals surface area contributed by atoms with Crippen LogP contribution < -0.4 is 0 Å². The first kappa shape index (κ1) is 11.6. The number of benzene rings is 1. The predicted octanol–water partition coefficient (Wildman–Crippen LogP) is 2.95. The Hall–Kier alpha value is -1.90. The molecule has 1 heterocycles. The number of hydrogen-bond donors (Lipinski definition) is 0. The minimum Gasteiger partial charge on any atom is -0.465 e. The van der Waals surface area contributed by atoms with Gasteiger partial charge in [-0.1, -0.05) is 6.07 Å². The molecule has 3 nitrogen and oxygen atoms in total. The van der Waals surface area contributed by atoms with Crippen LogP contribution in [0.1, 0.15) is 27.2 Å². The van der Waals surface area contributed by atoms with Crippen molar-refractivity contribution in [1.82, 2.24) is 4.98 Å². The zero-order valence-corrected chi connectivity index (χ0v) is 10.5. The van der Waals surface area contributed by atoms with Crippen LogP contribution in [0, 0.1) is 20.8 Å². The van der Waals surface area contributed by atoms with Gasteiger partial charge in [0.25, 0.3) is 0 Å². The highest BCUT2D eigenvalue weighted by atomic mass is 16.5. The average Bonchev–Trinajstić information content (AvgIpc) is 2.27. The van der Waals surface area contributed by atoms with Gasteiger partial charge in [0.05, 0.1) is 23.9 Å². The van der Waals surface area contributed by atoms with Crippen molar-refractivity contribution in [3.63, 3.8) is 0 Å². The molecule has 88 valence electrons. The Morgan fingerprint density at radius 3 is 2.53 bits per heavy atom. The third-order valence-electron chi connectivity index (χ3n) is 2.88. The average molecular weight is 229 g/mol. The number of nitrogens with zero attached hydrogens (tertiary/aromatic N) is 1. The Labute approximate surface area is 100 Å². The molecule has 0 radical (unpaired) electrons. The highest BCUT2D eigenvalue weighted by molar-refractivity contribution is 5.96. The van der Waals surface area contributed by atoms with Gasteiger partial charge in [-0.15, -0.1) is 0 Å². The van der Waals surface area contributed by atoms with E-state index in [1.807, 2.05) is 32.9 Å². The normalized spacial score (nSPS) is 10.6. The van der Waals surface area contributed by atoms with Crippen LogP contribution in [0.2, 0.25) is 0 Å². The number of aromatic nitrogens is 1. The summed E-state index contributed by atoms with van der Waals surface area (Å²) in [4.78, 5) is 16.1. The molecule has 0 unspecified atom stereocenters. The molecule has 2 rings (SSSR count). The first-order valence-electron chi connectivity index (χ1n) is 5.50. The number of aryl methyl sites for hydroxylation is 3. The molecule has 0 saturated heterocycles. The molecule has 17 heavy (non-hydrogen) atoms. The fraction of sp³-hybridized carbons (Fsp3) is 0.286. The quantitative estimate of drug-likeness (QED) is 0.706. The maximum absolute atomic E-state index is 11.6. The van der Waals surface area contributed by atoms with Crippen LogP contribution in [0.3, 0.4) is 0 Å². The lowest BCUT2D eigenvalue weighted by Crippen LogP contribution is -2.05. The fourth-order valence-electron chi connectivity index (χ4n) is 2.04. The van der Waals surface area contributed by atoms with Gasteiger partial charge in [0, 0.05) is 5.39 Å². The molecule has 0 N–H and O–H groups in total. The van der Waals surface area contributed by atoms with Crippen LogP contribution in [0.15, 0.2) is 18.2 Å². The van der Waals surface area contributed by atoms with E-state index in [2.05, 4.69) is 11.1 Å². The molecule has 0 saturated carbocycles. The van der Waals surface area contributed by atoms with Crippen molar-refractivity contribution in [2.45, 2.75) is 20.8 Å². The molecular formula is C14H15NO2. The largest absolute Gasteiger partial charge is 0.465 e. The molecule has 0 aliphatic heterocycles. The van der Waals surface area contributed by atoms with E-state index in [9.17, 15) is 4.79 Å². The van der Waals surface area contributed by atoms with E-state index in [0.717, 1.165) is 16.5 Å². The Bertz CT molecular complexity index is 603. The third-order valence-corrected chi connectivity index (χ3v) is 2.88. The van der Waals surface area contributed by atoms with Crippen molar-refractivity contribution < 1.29 is 9.53 Å². The Balaban J connectivity index is 2.76. The lowest BCUT2D eigenvalue weighted by molar-refractivity contribution is 0.0599. The Morgan fingerprint density at radius 1 is 1.18 bits per heavy atom. The van der Waals surface area contributed by atoms with Crippen LogP contribution in [0.4, 0.5) is 0 Å². The SMILES string of the molecule is COC(=O)c1cc2c(C)cc(C)cc2nc1C. The fourth-order valence-corrected chi connectivity index (χ4v) is 2.04. The van der Waals surface area contributed by atoms with Crippen LogP contribution in [-0.2, 0) is 4.74 Å². The van der Waals surface area contributed by atoms with Crippen molar-refractivity contribution in [3.05, 3.63) is 40.6 Å². The Kier molecular flexibility index (Phi) is 2.84. The maximum Gasteiger partial charge on any atom is 0.339 e. The van der Waals surface area contributed by atoms with E-state index in [1.54, 1.807) is 0 Å². The van der Waals surface area contributed by atoms with Gasteiger partial charge in [-0.3, -0.25) is 4.98 Å². The van der Waals surface area contributed by atoms with Crippen molar-refractivity contribution >= 4 is 16.9 Å². The van der Waals surface area contributed by atoms with Crippen molar-refractivity contribution in [1.29, 1.82) is 0 Å². The summed E-state index contributed by atoms with van der Waals surface area (Å²) >= 11 is 0. The summed E-state index contributed by atoms with van der Waals surface area (Å²) in [6, 6.07) is 5.97. The zero-order valence-electron chi connectivity index (χ0n) is 10.5. The number of hydrogen-bond acceptors (Lipinski definition) is 3. The first-order chi connectivity index (χ1) is 8.02. The second-order valence-corrected chi connectivity index (χ2v) is 4.26. The molecule has 1 aromatic heterocycles. The molecule has 1 aromatic carbocycles. The Morgan fingerprint density at radius 2 is 1.88 bits per heavy atom. The molecule has 0 aliphatic carbocycles. The minimum absolute atomic E-state index is 0.336. The van der Waals surface area contributed by atoms with Gasteiger partial charge in [-0.25, -0.2) is 4.79 Å². The number of pyridine rings is 1. The van der Waals surface area contributed by atoms with Gasteiger partial charge in [-0.05, 0) is 44.0 Å². The molecule has 3 heteroatoms. The zero-order chi connectivity index (χ0) is 12.6. The van der Waals surface area contributed by atoms with E-state index in [-0.39, 0.29) is 5.97 Å². The number of rotatable bonds is 1. The van der Waals surface area contributed by atoms with Crippen LogP contribution >= 0.6 is 0 Å². The third kappa shape index (κ3) is 2.00. The van der Waals surface area contributed by atoms with Gasteiger partial charge >= 0.3 is 5.97 Å². The van der Waals surface area contributed by atoms with Crippen molar-refractivity contribution in [2.24, 2.45) is 0 Å². The lowest BCUT2D eigenvalue weighted by atomic mass is 10.0. The number of ether oxygens (including phenoxy) is 1. The van der Waals surface area contributed by atoms with Crippen molar-refractivity contribution in [3.8, 4) is 0 Å². The second-order valence-electron chi connectivity index (χ2n) is 4.26. The molecule has 2 aromatic rings. The first-order valence-corrected chi connectivity index (χ1v) is 5.50. The maximum atomic E-state index is 11.6. The number of carbonyl (C=O) groups excluding carboxylic acids is 1. The monoisotopic (exact) mass is 229 g/mol. The van der Waals surface area contributed by atoms with Gasteiger partial charge in [0.1, 0.15) is 0 Å². The number of esters is 1. The van der Waals surface area contributed by atoms with Gasteiger partial charge < -0.3 is 4.74 Å². The summed E-state index contributed by atoms with van der Waals surface area (Å²) in [5.41, 5.74) is 4.46. The molecular weight excluding hydrogens is 214 g/mol. The molecule has 0 spiro atoms. The number of methoxy groups -OCH3 is 1. The minimum atomic E-state index is -0.336. The van der Waals surface area contributed by atoms with Gasteiger partial charge in [-0.2, -0.15) is 0 Å². The summed E-state index contributed by atoms with van der Waals surface area (Å²) < 4.78 is 4.75. The van der Waals surface area contributed by atoms with Crippen LogP contribution in [0.25, 0.3) is 10.9 Å². The van der Waals surface area contributed by atoms with Crippen LogP contribution in [-0.4, -0.2) is 18.1 Å². The standard InChI is InChI=1S/C14H15NO2/c1-8-5-9(2)11-7-12(14(16)17-4)10(3)15-13(11)6-8/h5-7H,1-4H3. The second kappa shape index (κ2) is 4.17. The summed E-state index contributed by atoms with van der Waals surface area (Å²) in [5.74, 6) is -0.336. The highest BCUT2D eigenvalue weighted by Gasteiger charge is 2.12. The summed E-state index contributed by atoms with van der Waals surface area (Å²) in [7, 11) is 1.38. The van der Waals surface area contributed by atoms with E-state index in [1.165, 1.54) is 12.7 Å². The van der Waals surface area contributed by atoms with Gasteiger partial charge in [0.15, 0.2) is 0 Å². The molecule has 0 atom stereocenters. The lowest BCUT2D eigenvalue weighted by Gasteiger charge is -2.08. The smallest absolute Gasteiger partial charge is 0.339 e. The van der Waals surface area contributed by atoms with E-state index in [0.29, 0.717) is 11.3 Å². The predicted molar refractivity (Wildman–Crippen MR) is 67.3 cm³/mol. The van der Waals surface area contributed by atoms with E-state index >= 15 is 0 Å². The topological polar surface area (TPSA) is 39.2 Å². The van der Waals surface area contributed by atoms with Crippen LogP contribution in [0.5, 0.6) is 0 Å². The molecule has 0 amide bonds. The highest BCUT2D eigenvalue weighted by Crippen LogP contribution is 2.22. The molecule has 0 bridgehead atoms. The molecule has 0 fully saturated rings. The van der Waals surface area contributed by atoms with Crippen molar-refractivity contribution in [2.75, 3.05) is 7.11 Å². The number of fused-ring (bicyclic) bond motifs is 1. The summed E-state index contributed by atoms with van der Waals surface area (Å²) in [5, 5.41) is 1.00. The van der Waals surface area contributed by atoms with Gasteiger partial charge in [0.2, 0.25) is 0 Å². The number of carbonyl (C=O) groups is 1. The van der Waals surface area contributed by atoms with E-state index in [4.69, 9.17) is 4.74 Å².